The van der Waals surface area contributed by atoms with Gasteiger partial charge in [0.05, 0.1) is 11.5 Å². The predicted octanol–water partition coefficient (Wildman–Crippen LogP) is 3.70. The van der Waals surface area contributed by atoms with Crippen LogP contribution in [0.1, 0.15) is 25.8 Å². The van der Waals surface area contributed by atoms with E-state index in [4.69, 9.17) is 5.26 Å². The van der Waals surface area contributed by atoms with E-state index < -0.39 is 5.41 Å². The summed E-state index contributed by atoms with van der Waals surface area (Å²) in [6.07, 6.45) is 3.19. The van der Waals surface area contributed by atoms with Crippen molar-refractivity contribution in [1.82, 2.24) is 4.90 Å². The minimum atomic E-state index is -0.511. The summed E-state index contributed by atoms with van der Waals surface area (Å²) in [7, 11) is 0. The summed E-state index contributed by atoms with van der Waals surface area (Å²) in [6.45, 7) is 5.44. The molecular formula is C17H23N3OS. The Hall–Kier alpha value is -1.67. The number of nitriles is 1. The highest BCUT2D eigenvalue weighted by Crippen LogP contribution is 2.24. The summed E-state index contributed by atoms with van der Waals surface area (Å²) in [5.41, 5.74) is 1.22. The lowest BCUT2D eigenvalue weighted by Gasteiger charge is -2.19. The van der Waals surface area contributed by atoms with E-state index in [1.165, 1.54) is 0 Å². The van der Waals surface area contributed by atoms with Gasteiger partial charge in [-0.25, -0.2) is 4.79 Å². The first-order valence-corrected chi connectivity index (χ1v) is 8.92. The Morgan fingerprint density at radius 1 is 1.45 bits per heavy atom. The standard InChI is InChI=1S/C17H23N3OS/c1-17(2,12-18)14-4-6-15(7-5-14)19-16(21)20-9-8-13(10-20)11-22-3/h4-7,13H,8-11H2,1-3H3,(H,19,21)/t13-/m1/s1. The molecule has 22 heavy (non-hydrogen) atoms. The highest BCUT2D eigenvalue weighted by Gasteiger charge is 2.26. The van der Waals surface area contributed by atoms with E-state index in [2.05, 4.69) is 17.6 Å². The van der Waals surface area contributed by atoms with Crippen LogP contribution in [0, 0.1) is 17.2 Å². The number of nitrogens with zero attached hydrogens (tertiary/aromatic N) is 2. The molecule has 2 amide bonds. The number of rotatable bonds is 4. The van der Waals surface area contributed by atoms with Crippen molar-refractivity contribution < 1.29 is 4.79 Å². The largest absolute Gasteiger partial charge is 0.324 e. The smallest absolute Gasteiger partial charge is 0.321 e. The van der Waals surface area contributed by atoms with Crippen molar-refractivity contribution in [1.29, 1.82) is 5.26 Å². The molecule has 0 aromatic heterocycles. The van der Waals surface area contributed by atoms with Crippen LogP contribution in [0.2, 0.25) is 0 Å². The number of carbonyl (C=O) groups excluding carboxylic acids is 1. The summed E-state index contributed by atoms with van der Waals surface area (Å²) in [5.74, 6) is 1.72. The lowest BCUT2D eigenvalue weighted by Crippen LogP contribution is -2.33. The third kappa shape index (κ3) is 3.95. The molecule has 0 saturated carbocycles. The molecule has 1 aromatic rings. The highest BCUT2D eigenvalue weighted by atomic mass is 32.2. The zero-order chi connectivity index (χ0) is 16.2. The number of hydrogen-bond acceptors (Lipinski definition) is 3. The zero-order valence-electron chi connectivity index (χ0n) is 13.4. The van der Waals surface area contributed by atoms with E-state index in [1.807, 2.05) is 54.8 Å². The molecule has 0 radical (unpaired) electrons. The number of likely N-dealkylation sites (tertiary alicyclic amines) is 1. The topological polar surface area (TPSA) is 56.1 Å². The van der Waals surface area contributed by atoms with Gasteiger partial charge in [-0.1, -0.05) is 12.1 Å². The fourth-order valence-electron chi connectivity index (χ4n) is 2.63. The van der Waals surface area contributed by atoms with Gasteiger partial charge < -0.3 is 10.2 Å². The molecule has 1 saturated heterocycles. The minimum Gasteiger partial charge on any atom is -0.324 e. The molecule has 2 rings (SSSR count). The number of urea groups is 1. The Kier molecular flexibility index (Phi) is 5.36. The lowest BCUT2D eigenvalue weighted by atomic mass is 9.86. The molecule has 0 spiro atoms. The monoisotopic (exact) mass is 317 g/mol. The number of anilines is 1. The molecule has 1 aromatic carbocycles. The van der Waals surface area contributed by atoms with Crippen LogP contribution < -0.4 is 5.32 Å². The number of nitrogens with one attached hydrogen (secondary N) is 1. The first-order chi connectivity index (χ1) is 10.5. The third-order valence-corrected chi connectivity index (χ3v) is 4.92. The SMILES string of the molecule is CSC[C@@H]1CCN(C(=O)Nc2ccc(C(C)(C)C#N)cc2)C1. The Balaban J connectivity index is 1.94. The molecule has 0 bridgehead atoms. The van der Waals surface area contributed by atoms with E-state index in [9.17, 15) is 4.79 Å². The molecule has 5 heteroatoms. The van der Waals surface area contributed by atoms with Crippen LogP contribution in [0.5, 0.6) is 0 Å². The van der Waals surface area contributed by atoms with Gasteiger partial charge in [-0.3, -0.25) is 0 Å². The summed E-state index contributed by atoms with van der Waals surface area (Å²) in [5, 5.41) is 12.1. The Bertz CT molecular complexity index is 562. The van der Waals surface area contributed by atoms with Gasteiger partial charge in [0.1, 0.15) is 0 Å². The molecule has 118 valence electrons. The Morgan fingerprint density at radius 2 is 2.14 bits per heavy atom. The second-order valence-corrected chi connectivity index (χ2v) is 7.21. The number of benzene rings is 1. The molecule has 1 N–H and O–H groups in total. The van der Waals surface area contributed by atoms with Crippen LogP contribution >= 0.6 is 11.8 Å². The van der Waals surface area contributed by atoms with Gasteiger partial charge in [-0.15, -0.1) is 0 Å². The summed E-state index contributed by atoms with van der Waals surface area (Å²) < 4.78 is 0. The first-order valence-electron chi connectivity index (χ1n) is 7.53. The number of hydrogen-bond donors (Lipinski definition) is 1. The molecule has 4 nitrogen and oxygen atoms in total. The van der Waals surface area contributed by atoms with Crippen LogP contribution in [-0.2, 0) is 5.41 Å². The van der Waals surface area contributed by atoms with Gasteiger partial charge in [0.2, 0.25) is 0 Å². The van der Waals surface area contributed by atoms with Crippen LogP contribution in [0.3, 0.4) is 0 Å². The Morgan fingerprint density at radius 3 is 2.73 bits per heavy atom. The quantitative estimate of drug-likeness (QED) is 0.921. The van der Waals surface area contributed by atoms with Gasteiger partial charge in [0, 0.05) is 18.8 Å². The van der Waals surface area contributed by atoms with Crippen LogP contribution in [-0.4, -0.2) is 36.0 Å². The maximum absolute atomic E-state index is 12.3. The molecule has 1 heterocycles. The fourth-order valence-corrected chi connectivity index (χ4v) is 3.37. The molecule has 1 aliphatic rings. The van der Waals surface area contributed by atoms with Crippen molar-refractivity contribution in [2.45, 2.75) is 25.7 Å². The number of thioether (sulfide) groups is 1. The Labute approximate surface area is 136 Å². The average molecular weight is 317 g/mol. The van der Waals surface area contributed by atoms with E-state index in [0.29, 0.717) is 5.92 Å². The lowest BCUT2D eigenvalue weighted by molar-refractivity contribution is 0.221. The van der Waals surface area contributed by atoms with E-state index in [0.717, 1.165) is 36.5 Å². The first kappa shape index (κ1) is 16.7. The predicted molar refractivity (Wildman–Crippen MR) is 92.2 cm³/mol. The van der Waals surface area contributed by atoms with E-state index in [1.54, 1.807) is 0 Å². The zero-order valence-corrected chi connectivity index (χ0v) is 14.2. The summed E-state index contributed by atoms with van der Waals surface area (Å²) >= 11 is 1.84. The number of carbonyl (C=O) groups is 1. The van der Waals surface area contributed by atoms with Crippen molar-refractivity contribution >= 4 is 23.5 Å². The molecule has 0 aliphatic carbocycles. The normalized spacial score (nSPS) is 18.1. The molecule has 1 fully saturated rings. The van der Waals surface area contributed by atoms with Crippen molar-refractivity contribution in [2.24, 2.45) is 5.92 Å². The third-order valence-electron chi connectivity index (χ3n) is 4.11. The fraction of sp³-hybridized carbons (Fsp3) is 0.529. The highest BCUT2D eigenvalue weighted by molar-refractivity contribution is 7.98. The maximum atomic E-state index is 12.3. The van der Waals surface area contributed by atoms with Crippen LogP contribution in [0.15, 0.2) is 24.3 Å². The molecular weight excluding hydrogens is 294 g/mol. The second-order valence-electron chi connectivity index (χ2n) is 6.30. The van der Waals surface area contributed by atoms with E-state index >= 15 is 0 Å². The van der Waals surface area contributed by atoms with Crippen molar-refractivity contribution in [2.75, 3.05) is 30.4 Å². The number of amides is 2. The van der Waals surface area contributed by atoms with Crippen molar-refractivity contribution in [3.63, 3.8) is 0 Å². The van der Waals surface area contributed by atoms with Gasteiger partial charge >= 0.3 is 6.03 Å². The van der Waals surface area contributed by atoms with Gasteiger partial charge in [-0.2, -0.15) is 17.0 Å². The molecule has 1 aliphatic heterocycles. The van der Waals surface area contributed by atoms with Crippen molar-refractivity contribution in [3.8, 4) is 6.07 Å². The van der Waals surface area contributed by atoms with E-state index in [-0.39, 0.29) is 6.03 Å². The van der Waals surface area contributed by atoms with Crippen LogP contribution in [0.25, 0.3) is 0 Å². The van der Waals surface area contributed by atoms with Crippen molar-refractivity contribution in [3.05, 3.63) is 29.8 Å². The van der Waals surface area contributed by atoms with Gasteiger partial charge in [0.15, 0.2) is 0 Å². The van der Waals surface area contributed by atoms with Crippen LogP contribution in [0.4, 0.5) is 10.5 Å². The minimum absolute atomic E-state index is 0.0316. The maximum Gasteiger partial charge on any atom is 0.321 e. The molecule has 1 atom stereocenters. The average Bonchev–Trinajstić information content (AvgIpc) is 2.97. The summed E-state index contributed by atoms with van der Waals surface area (Å²) in [4.78, 5) is 14.1. The van der Waals surface area contributed by atoms with Gasteiger partial charge in [0.25, 0.3) is 0 Å². The second kappa shape index (κ2) is 7.06. The van der Waals surface area contributed by atoms with Gasteiger partial charge in [-0.05, 0) is 55.9 Å². The summed E-state index contributed by atoms with van der Waals surface area (Å²) in [6, 6.07) is 9.78. The molecule has 0 unspecified atom stereocenters.